The lowest BCUT2D eigenvalue weighted by Gasteiger charge is -2.33. The molecule has 18 heavy (non-hydrogen) atoms. The van der Waals surface area contributed by atoms with Gasteiger partial charge < -0.3 is 9.64 Å². The number of nitriles is 1. The van der Waals surface area contributed by atoms with E-state index in [-0.39, 0.29) is 16.5 Å². The van der Waals surface area contributed by atoms with E-state index in [0.29, 0.717) is 6.42 Å². The highest BCUT2D eigenvalue weighted by Crippen LogP contribution is 2.38. The highest BCUT2D eigenvalue weighted by molar-refractivity contribution is 8.01. The minimum Gasteiger partial charge on any atom is -0.468 e. The molecule has 4 nitrogen and oxygen atoms in total. The van der Waals surface area contributed by atoms with Gasteiger partial charge in [-0.3, -0.25) is 4.79 Å². The summed E-state index contributed by atoms with van der Waals surface area (Å²) in [6.07, 6.45) is 2.89. The van der Waals surface area contributed by atoms with Gasteiger partial charge in [0.1, 0.15) is 5.25 Å². The summed E-state index contributed by atoms with van der Waals surface area (Å²) in [4.78, 5) is 13.9. The van der Waals surface area contributed by atoms with Crippen LogP contribution in [0, 0.1) is 11.3 Å². The number of carbonyl (C=O) groups excluding carboxylic acids is 1. The SMILES string of the molecule is COC(=O)[C@@H]1CC(C#N)=C(N2CCCC2)[C@@H](C)S1. The van der Waals surface area contributed by atoms with Crippen LogP contribution in [0.5, 0.6) is 0 Å². The van der Waals surface area contributed by atoms with Gasteiger partial charge in [-0.05, 0) is 19.8 Å². The summed E-state index contributed by atoms with van der Waals surface area (Å²) in [5.41, 5.74) is 1.90. The predicted octanol–water partition coefficient (Wildman–Crippen LogP) is 1.93. The monoisotopic (exact) mass is 266 g/mol. The molecule has 0 radical (unpaired) electrons. The molecule has 0 N–H and O–H groups in total. The summed E-state index contributed by atoms with van der Waals surface area (Å²) in [6, 6.07) is 2.29. The predicted molar refractivity (Wildman–Crippen MR) is 70.9 cm³/mol. The van der Waals surface area contributed by atoms with Gasteiger partial charge in [0.25, 0.3) is 0 Å². The van der Waals surface area contributed by atoms with Crippen LogP contribution in [0.15, 0.2) is 11.3 Å². The molecular formula is C13H18N2O2S. The van der Waals surface area contributed by atoms with Crippen LogP contribution in [0.2, 0.25) is 0 Å². The molecule has 2 heterocycles. The Morgan fingerprint density at radius 2 is 2.17 bits per heavy atom. The third kappa shape index (κ3) is 2.49. The Hall–Kier alpha value is -1.15. The van der Waals surface area contributed by atoms with Crippen molar-refractivity contribution in [3.05, 3.63) is 11.3 Å². The minimum absolute atomic E-state index is 0.190. The van der Waals surface area contributed by atoms with Crippen molar-refractivity contribution in [1.29, 1.82) is 5.26 Å². The topological polar surface area (TPSA) is 53.3 Å². The molecule has 2 aliphatic heterocycles. The second-order valence-electron chi connectivity index (χ2n) is 4.66. The third-order valence-electron chi connectivity index (χ3n) is 3.50. The van der Waals surface area contributed by atoms with E-state index in [4.69, 9.17) is 4.74 Å². The zero-order valence-electron chi connectivity index (χ0n) is 10.8. The molecule has 0 aliphatic carbocycles. The lowest BCUT2D eigenvalue weighted by Crippen LogP contribution is -2.34. The van der Waals surface area contributed by atoms with Crippen molar-refractivity contribution in [2.24, 2.45) is 0 Å². The normalized spacial score (nSPS) is 28.2. The number of hydrogen-bond acceptors (Lipinski definition) is 5. The van der Waals surface area contributed by atoms with Crippen molar-refractivity contribution in [2.45, 2.75) is 36.7 Å². The smallest absolute Gasteiger partial charge is 0.319 e. The summed E-state index contributed by atoms with van der Waals surface area (Å²) in [7, 11) is 1.40. The van der Waals surface area contributed by atoms with E-state index in [9.17, 15) is 10.1 Å². The van der Waals surface area contributed by atoms with Gasteiger partial charge in [-0.15, -0.1) is 11.8 Å². The molecule has 0 aromatic rings. The van der Waals surface area contributed by atoms with Gasteiger partial charge in [-0.2, -0.15) is 5.26 Å². The fraction of sp³-hybridized carbons (Fsp3) is 0.692. The Labute approximate surface area is 112 Å². The molecule has 1 fully saturated rings. The van der Waals surface area contributed by atoms with E-state index in [1.165, 1.54) is 20.0 Å². The molecule has 0 saturated carbocycles. The molecule has 0 amide bonds. The van der Waals surface area contributed by atoms with Crippen LogP contribution in [0.1, 0.15) is 26.2 Å². The maximum Gasteiger partial charge on any atom is 0.319 e. The summed E-state index contributed by atoms with van der Waals surface area (Å²) in [5.74, 6) is -0.222. The Balaban J connectivity index is 2.23. The zero-order valence-corrected chi connectivity index (χ0v) is 11.6. The molecule has 2 aliphatic rings. The summed E-state index contributed by atoms with van der Waals surface area (Å²) in [6.45, 7) is 4.15. The highest BCUT2D eigenvalue weighted by Gasteiger charge is 2.35. The van der Waals surface area contributed by atoms with E-state index in [0.717, 1.165) is 24.4 Å². The number of nitrogens with zero attached hydrogens (tertiary/aromatic N) is 2. The Morgan fingerprint density at radius 1 is 1.50 bits per heavy atom. The number of thioether (sulfide) groups is 1. The van der Waals surface area contributed by atoms with Gasteiger partial charge in [0.15, 0.2) is 0 Å². The number of ether oxygens (including phenoxy) is 1. The molecule has 0 aromatic heterocycles. The zero-order chi connectivity index (χ0) is 13.1. The second-order valence-corrected chi connectivity index (χ2v) is 6.21. The fourth-order valence-corrected chi connectivity index (χ4v) is 4.06. The molecule has 0 spiro atoms. The largest absolute Gasteiger partial charge is 0.468 e. The minimum atomic E-state index is -0.231. The quantitative estimate of drug-likeness (QED) is 0.715. The van der Waals surface area contributed by atoms with Gasteiger partial charge in [0, 0.05) is 30.5 Å². The van der Waals surface area contributed by atoms with Crippen molar-refractivity contribution in [3.8, 4) is 6.07 Å². The van der Waals surface area contributed by atoms with Crippen molar-refractivity contribution < 1.29 is 9.53 Å². The first-order chi connectivity index (χ1) is 8.67. The first kappa shape index (κ1) is 13.3. The maximum atomic E-state index is 11.6. The molecule has 0 aromatic carbocycles. The van der Waals surface area contributed by atoms with Gasteiger partial charge in [0.05, 0.1) is 18.8 Å². The summed E-state index contributed by atoms with van der Waals surface area (Å²) in [5, 5.41) is 9.28. The second kappa shape index (κ2) is 5.66. The molecule has 98 valence electrons. The van der Waals surface area contributed by atoms with Crippen molar-refractivity contribution >= 4 is 17.7 Å². The number of carbonyl (C=O) groups is 1. The van der Waals surface area contributed by atoms with Crippen LogP contribution in [0.25, 0.3) is 0 Å². The van der Waals surface area contributed by atoms with E-state index in [2.05, 4.69) is 17.9 Å². The van der Waals surface area contributed by atoms with Crippen molar-refractivity contribution in [2.75, 3.05) is 20.2 Å². The number of likely N-dealkylation sites (tertiary alicyclic amines) is 1. The molecular weight excluding hydrogens is 248 g/mol. The van der Waals surface area contributed by atoms with E-state index in [1.54, 1.807) is 11.8 Å². The number of esters is 1. The van der Waals surface area contributed by atoms with Gasteiger partial charge in [-0.25, -0.2) is 0 Å². The van der Waals surface area contributed by atoms with Crippen LogP contribution in [0.3, 0.4) is 0 Å². The standard InChI is InChI=1S/C13H18N2O2S/c1-9-12(15-5-3-4-6-15)10(8-14)7-11(18-9)13(16)17-2/h9,11H,3-7H2,1-2H3/t9-,11+/m1/s1. The van der Waals surface area contributed by atoms with Crippen LogP contribution < -0.4 is 0 Å². The first-order valence-corrected chi connectivity index (χ1v) is 7.23. The van der Waals surface area contributed by atoms with E-state index >= 15 is 0 Å². The van der Waals surface area contributed by atoms with E-state index in [1.807, 2.05) is 0 Å². The Bertz CT molecular complexity index is 408. The number of methoxy groups -OCH3 is 1. The highest BCUT2D eigenvalue weighted by atomic mass is 32.2. The average molecular weight is 266 g/mol. The van der Waals surface area contributed by atoms with Crippen LogP contribution in [-0.4, -0.2) is 41.6 Å². The van der Waals surface area contributed by atoms with Crippen molar-refractivity contribution in [3.63, 3.8) is 0 Å². The van der Waals surface area contributed by atoms with Crippen LogP contribution in [-0.2, 0) is 9.53 Å². The Kier molecular flexibility index (Phi) is 4.18. The third-order valence-corrected chi connectivity index (χ3v) is 4.82. The lowest BCUT2D eigenvalue weighted by molar-refractivity contribution is -0.139. The molecule has 1 saturated heterocycles. The molecule has 2 rings (SSSR count). The molecule has 2 atom stereocenters. The van der Waals surface area contributed by atoms with E-state index < -0.39 is 0 Å². The van der Waals surface area contributed by atoms with Crippen molar-refractivity contribution in [1.82, 2.24) is 4.90 Å². The number of allylic oxidation sites excluding steroid dienone is 1. The Morgan fingerprint density at radius 3 is 2.72 bits per heavy atom. The number of hydrogen-bond donors (Lipinski definition) is 0. The summed E-state index contributed by atoms with van der Waals surface area (Å²) >= 11 is 1.61. The van der Waals surface area contributed by atoms with Gasteiger partial charge in [0.2, 0.25) is 0 Å². The van der Waals surface area contributed by atoms with Gasteiger partial charge >= 0.3 is 5.97 Å². The molecule has 5 heteroatoms. The van der Waals surface area contributed by atoms with Gasteiger partial charge in [-0.1, -0.05) is 0 Å². The first-order valence-electron chi connectivity index (χ1n) is 6.28. The maximum absolute atomic E-state index is 11.6. The van der Waals surface area contributed by atoms with Crippen LogP contribution in [0.4, 0.5) is 0 Å². The average Bonchev–Trinajstić information content (AvgIpc) is 2.90. The molecule has 0 bridgehead atoms. The molecule has 0 unspecified atom stereocenters. The fourth-order valence-electron chi connectivity index (χ4n) is 2.67. The summed E-state index contributed by atoms with van der Waals surface area (Å²) < 4.78 is 4.79. The number of rotatable bonds is 2. The lowest BCUT2D eigenvalue weighted by atomic mass is 10.1. The van der Waals surface area contributed by atoms with Crippen LogP contribution >= 0.6 is 11.8 Å².